The maximum atomic E-state index is 12.9. The van der Waals surface area contributed by atoms with E-state index in [2.05, 4.69) is 0 Å². The van der Waals surface area contributed by atoms with Gasteiger partial charge in [0.05, 0.1) is 4.90 Å². The lowest BCUT2D eigenvalue weighted by Crippen LogP contribution is -2.46. The second-order valence-corrected chi connectivity index (χ2v) is 9.01. The molecule has 1 N–H and O–H groups in total. The van der Waals surface area contributed by atoms with Gasteiger partial charge in [-0.3, -0.25) is 9.59 Å². The molecule has 1 aliphatic rings. The van der Waals surface area contributed by atoms with Gasteiger partial charge in [-0.05, 0) is 44.7 Å². The number of rotatable bonds is 7. The van der Waals surface area contributed by atoms with E-state index in [4.69, 9.17) is 5.11 Å². The van der Waals surface area contributed by atoms with Crippen LogP contribution >= 0.6 is 0 Å². The predicted molar refractivity (Wildman–Crippen MR) is 102 cm³/mol. The molecule has 0 saturated carbocycles. The van der Waals surface area contributed by atoms with Gasteiger partial charge in [0, 0.05) is 25.6 Å². The van der Waals surface area contributed by atoms with E-state index in [9.17, 15) is 18.0 Å². The molecule has 1 heterocycles. The van der Waals surface area contributed by atoms with E-state index in [-0.39, 0.29) is 31.5 Å². The fourth-order valence-corrected chi connectivity index (χ4v) is 5.21. The Morgan fingerprint density at radius 3 is 2.37 bits per heavy atom. The summed E-state index contributed by atoms with van der Waals surface area (Å²) in [5, 5.41) is 9.00. The van der Waals surface area contributed by atoms with Crippen molar-refractivity contribution in [3.63, 3.8) is 0 Å². The molecule has 1 aromatic rings. The van der Waals surface area contributed by atoms with Crippen molar-refractivity contribution >= 4 is 21.9 Å². The van der Waals surface area contributed by atoms with E-state index in [1.807, 2.05) is 19.9 Å². The van der Waals surface area contributed by atoms with E-state index >= 15 is 0 Å². The number of aryl methyl sites for hydroxylation is 2. The first-order valence-corrected chi connectivity index (χ1v) is 10.7. The monoisotopic (exact) mass is 396 g/mol. The van der Waals surface area contributed by atoms with Crippen molar-refractivity contribution in [2.75, 3.05) is 26.2 Å². The van der Waals surface area contributed by atoms with Crippen LogP contribution in [-0.2, 0) is 19.6 Å². The van der Waals surface area contributed by atoms with Crippen molar-refractivity contribution in [2.45, 2.75) is 44.9 Å². The number of sulfonamides is 1. The molecule has 2 rings (SSSR count). The minimum Gasteiger partial charge on any atom is -0.480 e. The molecule has 1 fully saturated rings. The Hall–Kier alpha value is -1.93. The van der Waals surface area contributed by atoms with Crippen LogP contribution < -0.4 is 0 Å². The van der Waals surface area contributed by atoms with Gasteiger partial charge in [0.25, 0.3) is 0 Å². The molecule has 1 saturated heterocycles. The molecule has 0 aliphatic carbocycles. The molecule has 0 spiro atoms. The summed E-state index contributed by atoms with van der Waals surface area (Å²) in [7, 11) is -3.59. The fraction of sp³-hybridized carbons (Fsp3) is 0.579. The Morgan fingerprint density at radius 2 is 1.85 bits per heavy atom. The highest BCUT2D eigenvalue weighted by atomic mass is 32.2. The van der Waals surface area contributed by atoms with E-state index < -0.39 is 16.0 Å². The molecular weight excluding hydrogens is 368 g/mol. The first-order chi connectivity index (χ1) is 12.7. The van der Waals surface area contributed by atoms with Gasteiger partial charge in [0.2, 0.25) is 15.9 Å². The van der Waals surface area contributed by atoms with Crippen LogP contribution in [0.5, 0.6) is 0 Å². The standard InChI is InChI=1S/C19H28N2O5S/c1-4-9-20(13-18(22)23)19(24)16-7-10-21(11-8-16)27(25,26)17-6-5-14(2)12-15(17)3/h5-6,12,16H,4,7-11,13H2,1-3H3,(H,22,23). The summed E-state index contributed by atoms with van der Waals surface area (Å²) < 4.78 is 27.3. The van der Waals surface area contributed by atoms with Crippen molar-refractivity contribution in [1.82, 2.24) is 9.21 Å². The summed E-state index contributed by atoms with van der Waals surface area (Å²) in [6.07, 6.45) is 1.49. The Bertz CT molecular complexity index is 798. The predicted octanol–water partition coefficient (Wildman–Crippen LogP) is 2.03. The first kappa shape index (κ1) is 21.4. The van der Waals surface area contributed by atoms with Gasteiger partial charge in [-0.15, -0.1) is 0 Å². The fourth-order valence-electron chi connectivity index (χ4n) is 3.53. The summed E-state index contributed by atoms with van der Waals surface area (Å²) in [5.74, 6) is -1.56. The van der Waals surface area contributed by atoms with Crippen molar-refractivity contribution in [2.24, 2.45) is 5.92 Å². The number of amides is 1. The number of carboxylic acid groups (broad SMARTS) is 1. The molecule has 7 nitrogen and oxygen atoms in total. The van der Waals surface area contributed by atoms with Crippen molar-refractivity contribution in [3.05, 3.63) is 29.3 Å². The first-order valence-electron chi connectivity index (χ1n) is 9.24. The lowest BCUT2D eigenvalue weighted by atomic mass is 9.96. The highest BCUT2D eigenvalue weighted by Gasteiger charge is 2.34. The molecule has 0 radical (unpaired) electrons. The smallest absolute Gasteiger partial charge is 0.323 e. The minimum absolute atomic E-state index is 0.192. The van der Waals surface area contributed by atoms with Crippen molar-refractivity contribution in [3.8, 4) is 0 Å². The lowest BCUT2D eigenvalue weighted by Gasteiger charge is -2.33. The molecule has 27 heavy (non-hydrogen) atoms. The van der Waals surface area contributed by atoms with Gasteiger partial charge in [-0.25, -0.2) is 8.42 Å². The zero-order chi connectivity index (χ0) is 20.2. The van der Waals surface area contributed by atoms with E-state index in [1.54, 1.807) is 19.1 Å². The lowest BCUT2D eigenvalue weighted by molar-refractivity contribution is -0.146. The number of carboxylic acids is 1. The SMILES string of the molecule is CCCN(CC(=O)O)C(=O)C1CCN(S(=O)(=O)c2ccc(C)cc2C)CC1. The van der Waals surface area contributed by atoms with Crippen LogP contribution in [0.3, 0.4) is 0 Å². The quantitative estimate of drug-likeness (QED) is 0.761. The summed E-state index contributed by atoms with van der Waals surface area (Å²) in [6.45, 7) is 6.20. The van der Waals surface area contributed by atoms with Crippen LogP contribution in [0.15, 0.2) is 23.1 Å². The third-order valence-electron chi connectivity index (χ3n) is 4.88. The zero-order valence-corrected chi connectivity index (χ0v) is 17.0. The number of aliphatic carboxylic acids is 1. The minimum atomic E-state index is -3.59. The van der Waals surface area contributed by atoms with Crippen molar-refractivity contribution < 1.29 is 23.1 Å². The van der Waals surface area contributed by atoms with E-state index in [0.29, 0.717) is 36.3 Å². The van der Waals surface area contributed by atoms with Crippen LogP contribution in [0.4, 0.5) is 0 Å². The Balaban J connectivity index is 2.07. The third kappa shape index (κ3) is 5.07. The van der Waals surface area contributed by atoms with Crippen LogP contribution in [-0.4, -0.2) is 60.8 Å². The van der Waals surface area contributed by atoms with Crippen LogP contribution in [0.2, 0.25) is 0 Å². The summed E-state index contributed by atoms with van der Waals surface area (Å²) in [5.41, 5.74) is 1.72. The van der Waals surface area contributed by atoms with Crippen LogP contribution in [0.1, 0.15) is 37.3 Å². The Kier molecular flexibility index (Phi) is 7.00. The zero-order valence-electron chi connectivity index (χ0n) is 16.1. The maximum Gasteiger partial charge on any atom is 0.323 e. The van der Waals surface area contributed by atoms with Gasteiger partial charge in [-0.2, -0.15) is 4.31 Å². The normalized spacial score (nSPS) is 16.3. The number of benzene rings is 1. The van der Waals surface area contributed by atoms with Gasteiger partial charge in [-0.1, -0.05) is 24.6 Å². The summed E-state index contributed by atoms with van der Waals surface area (Å²) >= 11 is 0. The second-order valence-electron chi connectivity index (χ2n) is 7.10. The molecule has 1 aromatic carbocycles. The van der Waals surface area contributed by atoms with Crippen molar-refractivity contribution in [1.29, 1.82) is 0 Å². The van der Waals surface area contributed by atoms with Gasteiger partial charge >= 0.3 is 5.97 Å². The number of nitrogens with zero attached hydrogens (tertiary/aromatic N) is 2. The molecule has 150 valence electrons. The molecule has 0 atom stereocenters. The molecule has 0 unspecified atom stereocenters. The number of carbonyl (C=O) groups is 2. The summed E-state index contributed by atoms with van der Waals surface area (Å²) in [6, 6.07) is 5.26. The second kappa shape index (κ2) is 8.84. The van der Waals surface area contributed by atoms with E-state index in [0.717, 1.165) is 5.56 Å². The number of hydrogen-bond donors (Lipinski definition) is 1. The molecule has 1 aliphatic heterocycles. The number of hydrogen-bond acceptors (Lipinski definition) is 4. The van der Waals surface area contributed by atoms with Crippen LogP contribution in [0.25, 0.3) is 0 Å². The number of carbonyl (C=O) groups excluding carboxylic acids is 1. The number of piperidine rings is 1. The summed E-state index contributed by atoms with van der Waals surface area (Å²) in [4.78, 5) is 25.3. The highest BCUT2D eigenvalue weighted by molar-refractivity contribution is 7.89. The Morgan fingerprint density at radius 1 is 1.22 bits per heavy atom. The largest absolute Gasteiger partial charge is 0.480 e. The average molecular weight is 397 g/mol. The molecule has 0 bridgehead atoms. The van der Waals surface area contributed by atoms with Gasteiger partial charge in [0.1, 0.15) is 6.54 Å². The third-order valence-corrected chi connectivity index (χ3v) is 6.94. The molecule has 1 amide bonds. The van der Waals surface area contributed by atoms with Gasteiger partial charge in [0.15, 0.2) is 0 Å². The van der Waals surface area contributed by atoms with E-state index in [1.165, 1.54) is 9.21 Å². The molecule has 0 aromatic heterocycles. The maximum absolute atomic E-state index is 12.9. The van der Waals surface area contributed by atoms with Crippen LogP contribution in [0, 0.1) is 19.8 Å². The Labute approximate surface area is 161 Å². The topological polar surface area (TPSA) is 95.0 Å². The average Bonchev–Trinajstić information content (AvgIpc) is 2.60. The molecular formula is C19H28N2O5S. The molecule has 8 heteroatoms. The highest BCUT2D eigenvalue weighted by Crippen LogP contribution is 2.27. The van der Waals surface area contributed by atoms with Gasteiger partial charge < -0.3 is 10.0 Å².